The van der Waals surface area contributed by atoms with Gasteiger partial charge in [-0.15, -0.1) is 0 Å². The molecule has 1 saturated carbocycles. The second-order valence-electron chi connectivity index (χ2n) is 4.28. The Kier molecular flexibility index (Phi) is 1.98. The van der Waals surface area contributed by atoms with Gasteiger partial charge in [0.15, 0.2) is 0 Å². The molecule has 2 heterocycles. The molecule has 84 valence electrons. The lowest BCUT2D eigenvalue weighted by molar-refractivity contribution is -0.0874. The van der Waals surface area contributed by atoms with E-state index in [1.54, 1.807) is 12.3 Å². The fourth-order valence-electron chi connectivity index (χ4n) is 2.11. The van der Waals surface area contributed by atoms with Crippen LogP contribution >= 0.6 is 11.6 Å². The number of fused-ring (bicyclic) bond motifs is 1. The van der Waals surface area contributed by atoms with E-state index in [0.717, 1.165) is 11.1 Å². The molecule has 2 aromatic heterocycles. The van der Waals surface area contributed by atoms with Gasteiger partial charge in [0, 0.05) is 36.0 Å². The summed E-state index contributed by atoms with van der Waals surface area (Å²) in [7, 11) is 0. The highest BCUT2D eigenvalue weighted by molar-refractivity contribution is 6.31. The Labute approximate surface area is 95.6 Å². The highest BCUT2D eigenvalue weighted by Gasteiger charge is 2.46. The van der Waals surface area contributed by atoms with Gasteiger partial charge in [0.05, 0.1) is 5.02 Å². The van der Waals surface area contributed by atoms with Gasteiger partial charge in [0.25, 0.3) is 0 Å². The zero-order chi connectivity index (χ0) is 11.3. The number of hydrogen-bond acceptors (Lipinski definition) is 1. The predicted molar refractivity (Wildman–Crippen MR) is 58.0 cm³/mol. The van der Waals surface area contributed by atoms with E-state index in [1.807, 2.05) is 6.07 Å². The average Bonchev–Trinajstić information content (AvgIpc) is 2.56. The molecule has 2 nitrogen and oxygen atoms in total. The van der Waals surface area contributed by atoms with Crippen molar-refractivity contribution in [1.29, 1.82) is 0 Å². The van der Waals surface area contributed by atoms with Crippen molar-refractivity contribution < 1.29 is 8.78 Å². The molecule has 0 aromatic carbocycles. The molecule has 3 rings (SSSR count). The van der Waals surface area contributed by atoms with Crippen LogP contribution in [0.4, 0.5) is 8.78 Å². The van der Waals surface area contributed by atoms with E-state index >= 15 is 0 Å². The van der Waals surface area contributed by atoms with E-state index in [9.17, 15) is 8.78 Å². The molecule has 1 fully saturated rings. The van der Waals surface area contributed by atoms with Crippen LogP contribution < -0.4 is 0 Å². The fourth-order valence-corrected chi connectivity index (χ4v) is 2.28. The van der Waals surface area contributed by atoms with Crippen LogP contribution in [0.2, 0.25) is 5.02 Å². The first-order chi connectivity index (χ1) is 7.53. The molecule has 0 radical (unpaired) electrons. The number of hydrogen-bond donors (Lipinski definition) is 1. The first kappa shape index (κ1) is 10.0. The number of H-pyrrole nitrogens is 1. The van der Waals surface area contributed by atoms with Gasteiger partial charge in [0.1, 0.15) is 5.65 Å². The zero-order valence-electron chi connectivity index (χ0n) is 8.30. The minimum atomic E-state index is -2.49. The van der Waals surface area contributed by atoms with Gasteiger partial charge in [-0.25, -0.2) is 13.8 Å². The molecule has 0 spiro atoms. The monoisotopic (exact) mass is 242 g/mol. The third kappa shape index (κ3) is 1.57. The summed E-state index contributed by atoms with van der Waals surface area (Å²) >= 11 is 5.80. The van der Waals surface area contributed by atoms with Crippen molar-refractivity contribution in [2.75, 3.05) is 0 Å². The molecule has 1 N–H and O–H groups in total. The second-order valence-corrected chi connectivity index (χ2v) is 4.71. The molecule has 0 aliphatic heterocycles. The fraction of sp³-hybridized carbons (Fsp3) is 0.364. The summed E-state index contributed by atoms with van der Waals surface area (Å²) in [5.41, 5.74) is 1.53. The Hall–Kier alpha value is -1.16. The summed E-state index contributed by atoms with van der Waals surface area (Å²) in [5.74, 6) is -2.57. The van der Waals surface area contributed by atoms with Crippen molar-refractivity contribution in [2.45, 2.75) is 24.7 Å². The smallest absolute Gasteiger partial charge is 0.249 e. The zero-order valence-corrected chi connectivity index (χ0v) is 9.06. The number of aromatic nitrogens is 2. The quantitative estimate of drug-likeness (QED) is 0.811. The van der Waals surface area contributed by atoms with Crippen LogP contribution in [0.1, 0.15) is 24.5 Å². The maximum Gasteiger partial charge on any atom is 0.249 e. The minimum Gasteiger partial charge on any atom is -0.343 e. The van der Waals surface area contributed by atoms with Gasteiger partial charge < -0.3 is 4.98 Å². The number of rotatable bonds is 1. The molecule has 0 unspecified atom stereocenters. The molecule has 1 aliphatic carbocycles. The largest absolute Gasteiger partial charge is 0.343 e. The molecular weight excluding hydrogens is 234 g/mol. The summed E-state index contributed by atoms with van der Waals surface area (Å²) in [6.07, 6.45) is 1.39. The van der Waals surface area contributed by atoms with E-state index in [-0.39, 0.29) is 18.8 Å². The SMILES string of the molecule is FC1(F)CC(c2cc3cc(Cl)cnc3[nH]2)C1. The highest BCUT2D eigenvalue weighted by Crippen LogP contribution is 2.48. The lowest BCUT2D eigenvalue weighted by Crippen LogP contribution is -2.33. The summed E-state index contributed by atoms with van der Waals surface area (Å²) < 4.78 is 25.5. The highest BCUT2D eigenvalue weighted by atomic mass is 35.5. The summed E-state index contributed by atoms with van der Waals surface area (Å²) in [6.45, 7) is 0. The van der Waals surface area contributed by atoms with Crippen molar-refractivity contribution in [3.05, 3.63) is 29.0 Å². The number of alkyl halides is 2. The predicted octanol–water partition coefficient (Wildman–Crippen LogP) is 3.73. The third-order valence-electron chi connectivity index (χ3n) is 2.99. The average molecular weight is 243 g/mol. The van der Waals surface area contributed by atoms with Crippen LogP contribution in [0.15, 0.2) is 18.3 Å². The van der Waals surface area contributed by atoms with Crippen molar-refractivity contribution in [3.8, 4) is 0 Å². The normalized spacial score (nSPS) is 19.9. The lowest BCUT2D eigenvalue weighted by atomic mass is 9.79. The summed E-state index contributed by atoms with van der Waals surface area (Å²) in [5, 5.41) is 1.43. The van der Waals surface area contributed by atoms with Gasteiger partial charge >= 0.3 is 0 Å². The summed E-state index contributed by atoms with van der Waals surface area (Å²) in [6, 6.07) is 3.63. The van der Waals surface area contributed by atoms with Gasteiger partial charge in [-0.2, -0.15) is 0 Å². The third-order valence-corrected chi connectivity index (χ3v) is 3.19. The number of nitrogens with one attached hydrogen (secondary N) is 1. The van der Waals surface area contributed by atoms with Crippen LogP contribution in [0, 0.1) is 0 Å². The molecule has 0 amide bonds. The topological polar surface area (TPSA) is 28.7 Å². The maximum absolute atomic E-state index is 12.7. The number of pyridine rings is 1. The number of halogens is 3. The van der Waals surface area contributed by atoms with Crippen molar-refractivity contribution in [2.24, 2.45) is 0 Å². The molecule has 0 bridgehead atoms. The van der Waals surface area contributed by atoms with Crippen LogP contribution in [-0.2, 0) is 0 Å². The number of aromatic amines is 1. The molecule has 0 atom stereocenters. The Morgan fingerprint density at radius 2 is 2.12 bits per heavy atom. The maximum atomic E-state index is 12.7. The second kappa shape index (κ2) is 3.17. The van der Waals surface area contributed by atoms with E-state index in [2.05, 4.69) is 9.97 Å². The Bertz CT molecular complexity index is 542. The molecular formula is C11H9ClF2N2. The molecule has 16 heavy (non-hydrogen) atoms. The van der Waals surface area contributed by atoms with Gasteiger partial charge in [0.2, 0.25) is 5.92 Å². The van der Waals surface area contributed by atoms with E-state index < -0.39 is 5.92 Å². The van der Waals surface area contributed by atoms with Crippen molar-refractivity contribution in [1.82, 2.24) is 9.97 Å². The Balaban J connectivity index is 1.95. The first-order valence-electron chi connectivity index (χ1n) is 5.05. The van der Waals surface area contributed by atoms with Gasteiger partial charge in [-0.3, -0.25) is 0 Å². The molecule has 5 heteroatoms. The molecule has 2 aromatic rings. The first-order valence-corrected chi connectivity index (χ1v) is 5.43. The number of nitrogens with zero attached hydrogens (tertiary/aromatic N) is 1. The van der Waals surface area contributed by atoms with Crippen molar-refractivity contribution >= 4 is 22.6 Å². The van der Waals surface area contributed by atoms with Gasteiger partial charge in [-0.1, -0.05) is 11.6 Å². The molecule has 1 aliphatic rings. The lowest BCUT2D eigenvalue weighted by Gasteiger charge is -2.34. The van der Waals surface area contributed by atoms with Crippen LogP contribution in [0.25, 0.3) is 11.0 Å². The van der Waals surface area contributed by atoms with Gasteiger partial charge in [-0.05, 0) is 12.1 Å². The van der Waals surface area contributed by atoms with E-state index in [4.69, 9.17) is 11.6 Å². The molecule has 0 saturated heterocycles. The summed E-state index contributed by atoms with van der Waals surface area (Å²) in [4.78, 5) is 7.16. The van der Waals surface area contributed by atoms with Crippen LogP contribution in [0.5, 0.6) is 0 Å². The Morgan fingerprint density at radius 3 is 2.81 bits per heavy atom. The standard InChI is InChI=1S/C11H9ClF2N2/c12-8-1-6-2-9(16-10(6)15-5-8)7-3-11(13,14)4-7/h1-2,5,7H,3-4H2,(H,15,16). The van der Waals surface area contributed by atoms with E-state index in [0.29, 0.717) is 10.7 Å². The van der Waals surface area contributed by atoms with Crippen LogP contribution in [0.3, 0.4) is 0 Å². The van der Waals surface area contributed by atoms with Crippen molar-refractivity contribution in [3.63, 3.8) is 0 Å². The van der Waals surface area contributed by atoms with E-state index in [1.165, 1.54) is 0 Å². The van der Waals surface area contributed by atoms with Crippen LogP contribution in [-0.4, -0.2) is 15.9 Å². The minimum absolute atomic E-state index is 0.0758. The Morgan fingerprint density at radius 1 is 1.38 bits per heavy atom.